The number of hydrogen-bond donors (Lipinski definition) is 0. The smallest absolute Gasteiger partial charge is 0.254 e. The van der Waals surface area contributed by atoms with Crippen molar-refractivity contribution in [1.82, 2.24) is 19.6 Å². The third-order valence-electron chi connectivity index (χ3n) is 5.85. The molecule has 0 N–H and O–H groups in total. The van der Waals surface area contributed by atoms with Gasteiger partial charge in [0.2, 0.25) is 12.7 Å². The Labute approximate surface area is 170 Å². The topological polar surface area (TPSA) is 76.9 Å². The normalized spacial score (nSPS) is 20.8. The van der Waals surface area contributed by atoms with Crippen LogP contribution in [0.25, 0.3) is 0 Å². The van der Waals surface area contributed by atoms with E-state index in [1.54, 1.807) is 22.9 Å². The minimum Gasteiger partial charge on any atom is -0.454 e. The highest BCUT2D eigenvalue weighted by Crippen LogP contribution is 2.33. The first-order chi connectivity index (χ1) is 13.8. The average molecular weight is 398 g/mol. The van der Waals surface area contributed by atoms with Gasteiger partial charge in [-0.2, -0.15) is 5.10 Å². The Morgan fingerprint density at radius 2 is 1.72 bits per heavy atom. The molecule has 0 unspecified atom stereocenters. The van der Waals surface area contributed by atoms with Crippen molar-refractivity contribution in [2.45, 2.75) is 46.3 Å². The van der Waals surface area contributed by atoms with Gasteiger partial charge in [0.25, 0.3) is 5.91 Å². The standard InChI is InChI=1S/C21H26N4O4/c1-13-9-14(2)25(22-13)11-20(26)23-7-8-24(16(4)15(23)3)21(27)17-5-6-18-19(10-17)29-12-28-18/h5-6,9-10,15-16H,7-8,11-12H2,1-4H3/t15-,16-/m1/s1. The Kier molecular flexibility index (Phi) is 4.94. The molecule has 0 radical (unpaired) electrons. The van der Waals surface area contributed by atoms with Crippen LogP contribution in [0.3, 0.4) is 0 Å². The maximum absolute atomic E-state index is 13.1. The number of benzene rings is 1. The molecule has 0 saturated carbocycles. The van der Waals surface area contributed by atoms with Gasteiger partial charge in [0.1, 0.15) is 6.54 Å². The Balaban J connectivity index is 1.45. The lowest BCUT2D eigenvalue weighted by atomic mass is 10.0. The summed E-state index contributed by atoms with van der Waals surface area (Å²) in [5.41, 5.74) is 2.43. The van der Waals surface area contributed by atoms with Gasteiger partial charge >= 0.3 is 0 Å². The summed E-state index contributed by atoms with van der Waals surface area (Å²) in [6.07, 6.45) is 0. The number of carbonyl (C=O) groups is 2. The molecule has 4 rings (SSSR count). The molecule has 3 heterocycles. The number of rotatable bonds is 3. The molecular formula is C21H26N4O4. The lowest BCUT2D eigenvalue weighted by Crippen LogP contribution is -2.60. The van der Waals surface area contributed by atoms with Gasteiger partial charge in [-0.25, -0.2) is 0 Å². The highest BCUT2D eigenvalue weighted by molar-refractivity contribution is 5.95. The number of nitrogens with zero attached hydrogens (tertiary/aromatic N) is 4. The van der Waals surface area contributed by atoms with E-state index in [0.29, 0.717) is 30.2 Å². The van der Waals surface area contributed by atoms with Crippen LogP contribution in [0, 0.1) is 13.8 Å². The number of ether oxygens (including phenoxy) is 2. The molecule has 1 saturated heterocycles. The Morgan fingerprint density at radius 3 is 2.45 bits per heavy atom. The fourth-order valence-corrected chi connectivity index (χ4v) is 4.03. The van der Waals surface area contributed by atoms with Crippen LogP contribution in [0.15, 0.2) is 24.3 Å². The summed E-state index contributed by atoms with van der Waals surface area (Å²) in [5, 5.41) is 4.38. The third kappa shape index (κ3) is 3.54. The molecule has 1 aromatic heterocycles. The van der Waals surface area contributed by atoms with E-state index in [1.165, 1.54) is 0 Å². The van der Waals surface area contributed by atoms with Gasteiger partial charge in [-0.15, -0.1) is 0 Å². The van der Waals surface area contributed by atoms with Gasteiger partial charge in [0, 0.05) is 36.4 Å². The van der Waals surface area contributed by atoms with Crippen molar-refractivity contribution in [1.29, 1.82) is 0 Å². The Bertz CT molecular complexity index is 954. The van der Waals surface area contributed by atoms with Gasteiger partial charge in [-0.05, 0) is 52.0 Å². The summed E-state index contributed by atoms with van der Waals surface area (Å²) >= 11 is 0. The van der Waals surface area contributed by atoms with E-state index in [-0.39, 0.29) is 37.2 Å². The molecule has 0 bridgehead atoms. The third-order valence-corrected chi connectivity index (χ3v) is 5.85. The predicted octanol–water partition coefficient (Wildman–Crippen LogP) is 1.99. The second-order valence-electron chi connectivity index (χ2n) is 7.72. The second-order valence-corrected chi connectivity index (χ2v) is 7.72. The van der Waals surface area contributed by atoms with Gasteiger partial charge in [0.15, 0.2) is 11.5 Å². The number of amides is 2. The molecule has 2 aromatic rings. The van der Waals surface area contributed by atoms with E-state index in [9.17, 15) is 9.59 Å². The lowest BCUT2D eigenvalue weighted by molar-refractivity contribution is -0.137. The van der Waals surface area contributed by atoms with Crippen LogP contribution in [-0.4, -0.2) is 63.4 Å². The first kappa shape index (κ1) is 19.3. The summed E-state index contributed by atoms with van der Waals surface area (Å²) in [6, 6.07) is 7.01. The van der Waals surface area contributed by atoms with Crippen molar-refractivity contribution in [3.8, 4) is 11.5 Å². The molecule has 8 heteroatoms. The molecule has 2 atom stereocenters. The summed E-state index contributed by atoms with van der Waals surface area (Å²) in [4.78, 5) is 29.7. The van der Waals surface area contributed by atoms with Crippen LogP contribution >= 0.6 is 0 Å². The lowest BCUT2D eigenvalue weighted by Gasteiger charge is -2.45. The van der Waals surface area contributed by atoms with Crippen LogP contribution in [0.5, 0.6) is 11.5 Å². The van der Waals surface area contributed by atoms with Crippen molar-refractivity contribution in [2.24, 2.45) is 0 Å². The monoisotopic (exact) mass is 398 g/mol. The molecule has 2 aliphatic heterocycles. The maximum atomic E-state index is 13.1. The predicted molar refractivity (Wildman–Crippen MR) is 106 cm³/mol. The molecule has 2 aliphatic rings. The second kappa shape index (κ2) is 7.42. The van der Waals surface area contributed by atoms with E-state index in [1.807, 2.05) is 43.6 Å². The number of hydrogen-bond acceptors (Lipinski definition) is 5. The number of piperazine rings is 1. The van der Waals surface area contributed by atoms with Crippen LogP contribution in [0.4, 0.5) is 0 Å². The highest BCUT2D eigenvalue weighted by atomic mass is 16.7. The SMILES string of the molecule is Cc1cc(C)n(CC(=O)N2CCN(C(=O)c3ccc4c(c3)OCO4)[C@H](C)[C@H]2C)n1. The van der Waals surface area contributed by atoms with Crippen molar-refractivity contribution in [2.75, 3.05) is 19.9 Å². The van der Waals surface area contributed by atoms with Gasteiger partial charge in [-0.1, -0.05) is 0 Å². The zero-order chi connectivity index (χ0) is 20.7. The molecule has 29 heavy (non-hydrogen) atoms. The average Bonchev–Trinajstić information content (AvgIpc) is 3.28. The first-order valence-corrected chi connectivity index (χ1v) is 9.86. The van der Waals surface area contributed by atoms with Gasteiger partial charge in [-0.3, -0.25) is 14.3 Å². The van der Waals surface area contributed by atoms with E-state index in [4.69, 9.17) is 9.47 Å². The molecule has 1 aromatic carbocycles. The molecule has 0 spiro atoms. The molecule has 2 amide bonds. The van der Waals surface area contributed by atoms with E-state index in [0.717, 1.165) is 11.4 Å². The number of fused-ring (bicyclic) bond motifs is 1. The summed E-state index contributed by atoms with van der Waals surface area (Å²) in [5.74, 6) is 1.21. The summed E-state index contributed by atoms with van der Waals surface area (Å²) < 4.78 is 12.4. The van der Waals surface area contributed by atoms with Gasteiger partial charge < -0.3 is 19.3 Å². The molecule has 0 aliphatic carbocycles. The molecular weight excluding hydrogens is 372 g/mol. The van der Waals surface area contributed by atoms with Crippen LogP contribution in [0.1, 0.15) is 35.6 Å². The maximum Gasteiger partial charge on any atom is 0.254 e. The zero-order valence-electron chi connectivity index (χ0n) is 17.2. The largest absolute Gasteiger partial charge is 0.454 e. The Hall–Kier alpha value is -3.03. The van der Waals surface area contributed by atoms with Crippen molar-refractivity contribution in [3.05, 3.63) is 41.2 Å². The van der Waals surface area contributed by atoms with Crippen LogP contribution in [0.2, 0.25) is 0 Å². The molecule has 8 nitrogen and oxygen atoms in total. The first-order valence-electron chi connectivity index (χ1n) is 9.86. The van der Waals surface area contributed by atoms with Crippen molar-refractivity contribution in [3.63, 3.8) is 0 Å². The number of carbonyl (C=O) groups excluding carboxylic acids is 2. The number of aromatic nitrogens is 2. The highest BCUT2D eigenvalue weighted by Gasteiger charge is 2.36. The molecule has 154 valence electrons. The minimum absolute atomic E-state index is 0.0192. The number of aryl methyl sites for hydroxylation is 2. The van der Waals surface area contributed by atoms with E-state index < -0.39 is 0 Å². The van der Waals surface area contributed by atoms with E-state index >= 15 is 0 Å². The fourth-order valence-electron chi connectivity index (χ4n) is 4.03. The van der Waals surface area contributed by atoms with Crippen molar-refractivity contribution < 1.29 is 19.1 Å². The minimum atomic E-state index is -0.105. The van der Waals surface area contributed by atoms with Crippen molar-refractivity contribution >= 4 is 11.8 Å². The quantitative estimate of drug-likeness (QED) is 0.790. The fraction of sp³-hybridized carbons (Fsp3) is 0.476. The summed E-state index contributed by atoms with van der Waals surface area (Å²) in [7, 11) is 0. The van der Waals surface area contributed by atoms with E-state index in [2.05, 4.69) is 5.10 Å². The summed E-state index contributed by atoms with van der Waals surface area (Å²) in [6.45, 7) is 9.21. The van der Waals surface area contributed by atoms with Gasteiger partial charge in [0.05, 0.1) is 5.69 Å². The zero-order valence-corrected chi connectivity index (χ0v) is 17.2. The Morgan fingerprint density at radius 1 is 1.03 bits per heavy atom. The van der Waals surface area contributed by atoms with Crippen LogP contribution in [-0.2, 0) is 11.3 Å². The molecule has 1 fully saturated rings. The van der Waals surface area contributed by atoms with Crippen LogP contribution < -0.4 is 9.47 Å².